The summed E-state index contributed by atoms with van der Waals surface area (Å²) in [7, 11) is 1.97. The maximum atomic E-state index is 13.5. The summed E-state index contributed by atoms with van der Waals surface area (Å²) in [5.74, 6) is 0.778. The predicted molar refractivity (Wildman–Crippen MR) is 83.8 cm³/mol. The van der Waals surface area contributed by atoms with Gasteiger partial charge in [0.2, 0.25) is 0 Å². The van der Waals surface area contributed by atoms with Crippen molar-refractivity contribution in [2.24, 2.45) is 7.05 Å². The smallest absolute Gasteiger partial charge is 0.260 e. The molecule has 1 aliphatic heterocycles. The van der Waals surface area contributed by atoms with Crippen LogP contribution in [-0.4, -0.2) is 40.1 Å². The Morgan fingerprint density at radius 3 is 2.91 bits per heavy atom. The number of ether oxygens (including phenoxy) is 1. The summed E-state index contributed by atoms with van der Waals surface area (Å²) in [5.41, 5.74) is 0.982. The van der Waals surface area contributed by atoms with E-state index >= 15 is 0 Å². The first-order valence-electron chi connectivity index (χ1n) is 7.69. The molecule has 6 heteroatoms. The maximum absolute atomic E-state index is 13.5. The fourth-order valence-electron chi connectivity index (χ4n) is 3.00. The van der Waals surface area contributed by atoms with E-state index in [0.29, 0.717) is 13.1 Å². The van der Waals surface area contributed by atoms with Crippen LogP contribution >= 0.6 is 0 Å². The maximum Gasteiger partial charge on any atom is 0.260 e. The first kappa shape index (κ1) is 15.5. The Bertz CT molecular complexity index is 714. The first-order valence-corrected chi connectivity index (χ1v) is 7.69. The Morgan fingerprint density at radius 2 is 2.22 bits per heavy atom. The normalized spacial score (nSPS) is 17.5. The van der Waals surface area contributed by atoms with Gasteiger partial charge in [-0.3, -0.25) is 4.79 Å². The van der Waals surface area contributed by atoms with Crippen molar-refractivity contribution in [3.05, 3.63) is 47.8 Å². The molecule has 1 atom stereocenters. The summed E-state index contributed by atoms with van der Waals surface area (Å²) < 4.78 is 20.8. The molecule has 2 heterocycles. The zero-order valence-electron chi connectivity index (χ0n) is 13.3. The Morgan fingerprint density at radius 1 is 1.43 bits per heavy atom. The van der Waals surface area contributed by atoms with E-state index in [9.17, 15) is 9.18 Å². The van der Waals surface area contributed by atoms with E-state index in [-0.39, 0.29) is 24.2 Å². The molecule has 1 saturated heterocycles. The van der Waals surface area contributed by atoms with E-state index < -0.39 is 5.82 Å². The number of aryl methyl sites for hydroxylation is 2. The van der Waals surface area contributed by atoms with E-state index in [4.69, 9.17) is 4.74 Å². The van der Waals surface area contributed by atoms with E-state index in [0.717, 1.165) is 17.9 Å². The van der Waals surface area contributed by atoms with Crippen molar-refractivity contribution in [3.63, 3.8) is 0 Å². The number of rotatable bonds is 4. The zero-order chi connectivity index (χ0) is 16.4. The molecule has 3 rings (SSSR count). The number of carbonyl (C=O) groups excluding carboxylic acids is 1. The van der Waals surface area contributed by atoms with Gasteiger partial charge in [-0.15, -0.1) is 0 Å². The van der Waals surface area contributed by atoms with E-state index in [2.05, 4.69) is 4.98 Å². The van der Waals surface area contributed by atoms with Gasteiger partial charge in [-0.1, -0.05) is 12.1 Å². The molecule has 1 amide bonds. The molecule has 0 saturated carbocycles. The number of hydrogen-bond donors (Lipinski definition) is 0. The Labute approximate surface area is 134 Å². The fraction of sp³-hybridized carbons (Fsp3) is 0.412. The minimum Gasteiger partial charge on any atom is -0.481 e. The highest BCUT2D eigenvalue weighted by atomic mass is 19.1. The summed E-state index contributed by atoms with van der Waals surface area (Å²) in [5, 5.41) is 0. The third-order valence-electron chi connectivity index (χ3n) is 4.13. The van der Waals surface area contributed by atoms with Gasteiger partial charge in [0.15, 0.2) is 18.2 Å². The second-order valence-electron chi connectivity index (χ2n) is 5.90. The molecule has 1 aromatic heterocycles. The summed E-state index contributed by atoms with van der Waals surface area (Å²) in [6.45, 7) is 3.12. The number of amides is 1. The molecule has 1 aliphatic rings. The summed E-state index contributed by atoms with van der Waals surface area (Å²) in [6.07, 6.45) is 2.87. The van der Waals surface area contributed by atoms with Gasteiger partial charge in [0.25, 0.3) is 5.91 Å². The zero-order valence-corrected chi connectivity index (χ0v) is 13.3. The number of hydrogen-bond acceptors (Lipinski definition) is 3. The third-order valence-corrected chi connectivity index (χ3v) is 4.13. The summed E-state index contributed by atoms with van der Waals surface area (Å²) in [6, 6.07) is 6.10. The lowest BCUT2D eigenvalue weighted by Crippen LogP contribution is -2.33. The van der Waals surface area contributed by atoms with Gasteiger partial charge in [-0.25, -0.2) is 9.37 Å². The van der Waals surface area contributed by atoms with E-state index in [1.807, 2.05) is 24.7 Å². The first-order chi connectivity index (χ1) is 11.0. The number of para-hydroxylation sites is 1. The molecule has 1 aromatic carbocycles. The van der Waals surface area contributed by atoms with Crippen molar-refractivity contribution < 1.29 is 13.9 Å². The Kier molecular flexibility index (Phi) is 4.32. The van der Waals surface area contributed by atoms with Crippen LogP contribution in [0.25, 0.3) is 0 Å². The van der Waals surface area contributed by atoms with Crippen molar-refractivity contribution in [1.29, 1.82) is 0 Å². The van der Waals surface area contributed by atoms with Gasteiger partial charge in [0.05, 0.1) is 5.69 Å². The van der Waals surface area contributed by atoms with Crippen molar-refractivity contribution in [3.8, 4) is 5.75 Å². The Hall–Kier alpha value is -2.37. The predicted octanol–water partition coefficient (Wildman–Crippen LogP) is 2.26. The topological polar surface area (TPSA) is 47.4 Å². The number of aromatic nitrogens is 2. The van der Waals surface area contributed by atoms with Gasteiger partial charge < -0.3 is 14.2 Å². The van der Waals surface area contributed by atoms with Crippen molar-refractivity contribution in [2.75, 3.05) is 19.7 Å². The molecule has 0 spiro atoms. The van der Waals surface area contributed by atoms with Gasteiger partial charge >= 0.3 is 0 Å². The molecule has 0 bridgehead atoms. The number of imidazole rings is 1. The largest absolute Gasteiger partial charge is 0.481 e. The van der Waals surface area contributed by atoms with E-state index in [1.165, 1.54) is 12.1 Å². The summed E-state index contributed by atoms with van der Waals surface area (Å²) in [4.78, 5) is 18.5. The Balaban J connectivity index is 1.57. The molecular weight excluding hydrogens is 297 g/mol. The minimum atomic E-state index is -0.455. The lowest BCUT2D eigenvalue weighted by Gasteiger charge is -2.17. The van der Waals surface area contributed by atoms with Crippen molar-refractivity contribution in [2.45, 2.75) is 19.3 Å². The van der Waals surface area contributed by atoms with Gasteiger partial charge in [0, 0.05) is 32.3 Å². The lowest BCUT2D eigenvalue weighted by atomic mass is 10.1. The van der Waals surface area contributed by atoms with Crippen LogP contribution in [0.5, 0.6) is 5.75 Å². The molecule has 5 nitrogen and oxygen atoms in total. The number of benzene rings is 1. The van der Waals surface area contributed by atoms with Crippen LogP contribution < -0.4 is 4.74 Å². The lowest BCUT2D eigenvalue weighted by molar-refractivity contribution is -0.132. The minimum absolute atomic E-state index is 0.108. The highest BCUT2D eigenvalue weighted by Gasteiger charge is 2.30. The van der Waals surface area contributed by atoms with Crippen LogP contribution in [-0.2, 0) is 11.8 Å². The van der Waals surface area contributed by atoms with Crippen molar-refractivity contribution in [1.82, 2.24) is 14.5 Å². The van der Waals surface area contributed by atoms with Gasteiger partial charge in [-0.05, 0) is 25.5 Å². The molecule has 2 aromatic rings. The SMILES string of the molecule is Cc1cn(C)c([C@@H]2CCN(C(=O)COc3ccccc3F)C2)n1. The molecule has 0 unspecified atom stereocenters. The molecule has 0 N–H and O–H groups in total. The number of carbonyl (C=O) groups is 1. The van der Waals surface area contributed by atoms with Crippen LogP contribution in [0.2, 0.25) is 0 Å². The molecule has 23 heavy (non-hydrogen) atoms. The highest BCUT2D eigenvalue weighted by molar-refractivity contribution is 5.78. The highest BCUT2D eigenvalue weighted by Crippen LogP contribution is 2.26. The average molecular weight is 317 g/mol. The van der Waals surface area contributed by atoms with Gasteiger partial charge in [-0.2, -0.15) is 0 Å². The number of likely N-dealkylation sites (tertiary alicyclic amines) is 1. The second kappa shape index (κ2) is 6.40. The average Bonchev–Trinajstić information content (AvgIpc) is 3.12. The molecular formula is C17H20FN3O2. The van der Waals surface area contributed by atoms with Crippen LogP contribution in [0.1, 0.15) is 23.9 Å². The van der Waals surface area contributed by atoms with Gasteiger partial charge in [0.1, 0.15) is 5.82 Å². The van der Waals surface area contributed by atoms with Crippen LogP contribution in [0.3, 0.4) is 0 Å². The molecule has 0 radical (unpaired) electrons. The quantitative estimate of drug-likeness (QED) is 0.869. The molecule has 122 valence electrons. The van der Waals surface area contributed by atoms with Crippen LogP contribution in [0.15, 0.2) is 30.5 Å². The van der Waals surface area contributed by atoms with Crippen LogP contribution in [0.4, 0.5) is 4.39 Å². The number of nitrogens with zero attached hydrogens (tertiary/aromatic N) is 3. The van der Waals surface area contributed by atoms with Crippen LogP contribution in [0, 0.1) is 12.7 Å². The number of halogens is 1. The standard InChI is InChI=1S/C17H20FN3O2/c1-12-9-20(2)17(19-12)13-7-8-21(10-13)16(22)11-23-15-6-4-3-5-14(15)18/h3-6,9,13H,7-8,10-11H2,1-2H3/t13-/m1/s1. The fourth-order valence-corrected chi connectivity index (χ4v) is 3.00. The van der Waals surface area contributed by atoms with E-state index in [1.54, 1.807) is 17.0 Å². The third kappa shape index (κ3) is 3.36. The summed E-state index contributed by atoms with van der Waals surface area (Å²) >= 11 is 0. The second-order valence-corrected chi connectivity index (χ2v) is 5.90. The van der Waals surface area contributed by atoms with Crippen molar-refractivity contribution >= 4 is 5.91 Å². The molecule has 1 fully saturated rings. The monoisotopic (exact) mass is 317 g/mol. The molecule has 0 aliphatic carbocycles.